The van der Waals surface area contributed by atoms with Gasteiger partial charge in [0, 0.05) is 15.6 Å². The third-order valence-corrected chi connectivity index (χ3v) is 4.53. The predicted octanol–water partition coefficient (Wildman–Crippen LogP) is 4.24. The van der Waals surface area contributed by atoms with Crippen molar-refractivity contribution in [3.63, 3.8) is 0 Å². The summed E-state index contributed by atoms with van der Waals surface area (Å²) >= 11 is 1.50. The van der Waals surface area contributed by atoms with Crippen LogP contribution in [0.2, 0.25) is 0 Å². The van der Waals surface area contributed by atoms with E-state index in [1.54, 1.807) is 0 Å². The van der Waals surface area contributed by atoms with Crippen molar-refractivity contribution in [2.24, 2.45) is 0 Å². The number of nitriles is 1. The summed E-state index contributed by atoms with van der Waals surface area (Å²) in [4.78, 5) is 0.726. The number of aryl methyl sites for hydroxylation is 1. The Labute approximate surface area is 121 Å². The predicted molar refractivity (Wildman–Crippen MR) is 82.6 cm³/mol. The van der Waals surface area contributed by atoms with E-state index in [1.165, 1.54) is 11.3 Å². The molecule has 0 saturated heterocycles. The number of thiophene rings is 1. The van der Waals surface area contributed by atoms with Gasteiger partial charge in [-0.3, -0.25) is 0 Å². The Balaban J connectivity index is 2.38. The molecule has 1 aromatic heterocycles. The Morgan fingerprint density at radius 2 is 2.00 bits per heavy atom. The highest BCUT2D eigenvalue weighted by atomic mass is 32.1. The SMILES string of the molecule is Cc1ccccc1-c1c(C#N)sc2ccc(CO)cc12. The van der Waals surface area contributed by atoms with Gasteiger partial charge in [0.15, 0.2) is 0 Å². The molecule has 1 N–H and O–H groups in total. The molecule has 0 saturated carbocycles. The molecule has 2 aromatic carbocycles. The van der Waals surface area contributed by atoms with Crippen LogP contribution in [-0.2, 0) is 6.61 Å². The van der Waals surface area contributed by atoms with Crippen LogP contribution in [0.25, 0.3) is 21.2 Å². The standard InChI is InChI=1S/C17H13NOS/c1-11-4-2-3-5-13(11)17-14-8-12(10-19)6-7-15(14)20-16(17)9-18/h2-8,19H,10H2,1H3. The van der Waals surface area contributed by atoms with Gasteiger partial charge in [-0.15, -0.1) is 11.3 Å². The zero-order valence-corrected chi connectivity index (χ0v) is 11.9. The summed E-state index contributed by atoms with van der Waals surface area (Å²) in [6, 6.07) is 16.3. The Morgan fingerprint density at radius 1 is 1.20 bits per heavy atom. The van der Waals surface area contributed by atoms with E-state index >= 15 is 0 Å². The van der Waals surface area contributed by atoms with Crippen molar-refractivity contribution < 1.29 is 5.11 Å². The lowest BCUT2D eigenvalue weighted by Gasteiger charge is -2.06. The quantitative estimate of drug-likeness (QED) is 0.762. The largest absolute Gasteiger partial charge is 0.392 e. The molecule has 3 aromatic rings. The van der Waals surface area contributed by atoms with Gasteiger partial charge in [0.2, 0.25) is 0 Å². The minimum atomic E-state index is 0.0148. The molecule has 0 bridgehead atoms. The minimum Gasteiger partial charge on any atom is -0.392 e. The van der Waals surface area contributed by atoms with Gasteiger partial charge in [-0.1, -0.05) is 30.3 Å². The summed E-state index contributed by atoms with van der Waals surface area (Å²) < 4.78 is 1.08. The van der Waals surface area contributed by atoms with Crippen molar-refractivity contribution in [3.8, 4) is 17.2 Å². The van der Waals surface area contributed by atoms with E-state index in [1.807, 2.05) is 36.4 Å². The fourth-order valence-electron chi connectivity index (χ4n) is 2.44. The monoisotopic (exact) mass is 279 g/mol. The molecule has 3 heteroatoms. The minimum absolute atomic E-state index is 0.0148. The van der Waals surface area contributed by atoms with E-state index in [4.69, 9.17) is 0 Å². The third kappa shape index (κ3) is 2.00. The number of hydrogen-bond acceptors (Lipinski definition) is 3. The number of fused-ring (bicyclic) bond motifs is 1. The first-order chi connectivity index (χ1) is 9.74. The van der Waals surface area contributed by atoms with Crippen LogP contribution in [0.4, 0.5) is 0 Å². The summed E-state index contributed by atoms with van der Waals surface area (Å²) in [5, 5.41) is 19.8. The van der Waals surface area contributed by atoms with E-state index in [0.29, 0.717) is 0 Å². The van der Waals surface area contributed by atoms with Gasteiger partial charge < -0.3 is 5.11 Å². The first-order valence-corrected chi connectivity index (χ1v) is 7.18. The van der Waals surface area contributed by atoms with Crippen LogP contribution in [0.15, 0.2) is 42.5 Å². The van der Waals surface area contributed by atoms with Gasteiger partial charge in [0.25, 0.3) is 0 Å². The normalized spacial score (nSPS) is 10.7. The van der Waals surface area contributed by atoms with Crippen molar-refractivity contribution in [3.05, 3.63) is 58.5 Å². The highest BCUT2D eigenvalue weighted by Gasteiger charge is 2.15. The molecule has 0 fully saturated rings. The number of nitrogens with zero attached hydrogens (tertiary/aromatic N) is 1. The molecule has 0 aliphatic heterocycles. The van der Waals surface area contributed by atoms with E-state index < -0.39 is 0 Å². The summed E-state index contributed by atoms with van der Waals surface area (Å²) in [5.74, 6) is 0. The van der Waals surface area contributed by atoms with Crippen molar-refractivity contribution in [2.75, 3.05) is 0 Å². The van der Waals surface area contributed by atoms with Crippen LogP contribution in [-0.4, -0.2) is 5.11 Å². The Hall–Kier alpha value is -2.15. The fraction of sp³-hybridized carbons (Fsp3) is 0.118. The van der Waals surface area contributed by atoms with Crippen LogP contribution < -0.4 is 0 Å². The topological polar surface area (TPSA) is 44.0 Å². The molecule has 3 rings (SSSR count). The van der Waals surface area contributed by atoms with Gasteiger partial charge in [0.05, 0.1) is 6.61 Å². The smallest absolute Gasteiger partial charge is 0.113 e. The molecule has 2 nitrogen and oxygen atoms in total. The molecular formula is C17H13NOS. The molecule has 0 radical (unpaired) electrons. The van der Waals surface area contributed by atoms with Gasteiger partial charge >= 0.3 is 0 Å². The lowest BCUT2D eigenvalue weighted by molar-refractivity contribution is 0.282. The van der Waals surface area contributed by atoms with E-state index in [0.717, 1.165) is 37.2 Å². The maximum Gasteiger partial charge on any atom is 0.113 e. The zero-order valence-electron chi connectivity index (χ0n) is 11.1. The first-order valence-electron chi connectivity index (χ1n) is 6.37. The summed E-state index contributed by atoms with van der Waals surface area (Å²) in [6.45, 7) is 2.07. The van der Waals surface area contributed by atoms with Crippen LogP contribution in [0.5, 0.6) is 0 Å². The van der Waals surface area contributed by atoms with E-state index in [-0.39, 0.29) is 6.61 Å². The maximum absolute atomic E-state index is 9.41. The second kappa shape index (κ2) is 5.09. The first kappa shape index (κ1) is 12.9. The molecular weight excluding hydrogens is 266 g/mol. The Kier molecular flexibility index (Phi) is 3.27. The van der Waals surface area contributed by atoms with Crippen LogP contribution in [0, 0.1) is 18.3 Å². The molecule has 0 aliphatic rings. The number of aliphatic hydroxyl groups excluding tert-OH is 1. The van der Waals surface area contributed by atoms with Crippen molar-refractivity contribution >= 4 is 21.4 Å². The van der Waals surface area contributed by atoms with E-state index in [2.05, 4.69) is 19.1 Å². The van der Waals surface area contributed by atoms with Crippen LogP contribution in [0.3, 0.4) is 0 Å². The second-order valence-corrected chi connectivity index (χ2v) is 5.77. The number of aliphatic hydroxyl groups is 1. The van der Waals surface area contributed by atoms with Crippen molar-refractivity contribution in [1.82, 2.24) is 0 Å². The number of hydrogen-bond donors (Lipinski definition) is 1. The van der Waals surface area contributed by atoms with Crippen molar-refractivity contribution in [2.45, 2.75) is 13.5 Å². The average Bonchev–Trinajstić information content (AvgIpc) is 2.85. The highest BCUT2D eigenvalue weighted by molar-refractivity contribution is 7.20. The molecule has 20 heavy (non-hydrogen) atoms. The molecule has 0 aliphatic carbocycles. The van der Waals surface area contributed by atoms with Crippen molar-refractivity contribution in [1.29, 1.82) is 5.26 Å². The van der Waals surface area contributed by atoms with Gasteiger partial charge in [-0.2, -0.15) is 5.26 Å². The summed E-state index contributed by atoms with van der Waals surface area (Å²) in [6.07, 6.45) is 0. The lowest BCUT2D eigenvalue weighted by Crippen LogP contribution is -1.85. The Morgan fingerprint density at radius 3 is 2.70 bits per heavy atom. The average molecular weight is 279 g/mol. The molecule has 0 atom stereocenters. The zero-order chi connectivity index (χ0) is 14.1. The molecule has 0 unspecified atom stereocenters. The van der Waals surface area contributed by atoms with Gasteiger partial charge in [0.1, 0.15) is 10.9 Å². The fourth-order valence-corrected chi connectivity index (χ4v) is 3.44. The lowest BCUT2D eigenvalue weighted by atomic mass is 9.97. The Bertz CT molecular complexity index is 827. The molecule has 98 valence electrons. The second-order valence-electron chi connectivity index (χ2n) is 4.72. The highest BCUT2D eigenvalue weighted by Crippen LogP contribution is 2.40. The molecule has 0 amide bonds. The van der Waals surface area contributed by atoms with Gasteiger partial charge in [-0.05, 0) is 35.7 Å². The molecule has 0 spiro atoms. The van der Waals surface area contributed by atoms with E-state index in [9.17, 15) is 10.4 Å². The number of benzene rings is 2. The van der Waals surface area contributed by atoms with Crippen LogP contribution >= 0.6 is 11.3 Å². The molecule has 1 heterocycles. The number of rotatable bonds is 2. The van der Waals surface area contributed by atoms with Crippen LogP contribution in [0.1, 0.15) is 16.0 Å². The summed E-state index contributed by atoms with van der Waals surface area (Å²) in [7, 11) is 0. The van der Waals surface area contributed by atoms with Gasteiger partial charge in [-0.25, -0.2) is 0 Å². The third-order valence-electron chi connectivity index (χ3n) is 3.45. The summed E-state index contributed by atoms with van der Waals surface area (Å²) in [5.41, 5.74) is 4.10. The maximum atomic E-state index is 9.41.